The quantitative estimate of drug-likeness (QED) is 0.330. The number of carbonyl (C=O) groups excluding carboxylic acids is 1. The van der Waals surface area contributed by atoms with Crippen LogP contribution in [0.15, 0.2) is 0 Å². The highest BCUT2D eigenvalue weighted by Crippen LogP contribution is 2.89. The zero-order valence-corrected chi connectivity index (χ0v) is 25.6. The molecule has 0 aromatic carbocycles. The van der Waals surface area contributed by atoms with E-state index in [2.05, 4.69) is 34.6 Å². The molecule has 1 heterocycles. The van der Waals surface area contributed by atoms with Crippen molar-refractivity contribution in [3.63, 3.8) is 0 Å². The third kappa shape index (κ3) is 3.22. The van der Waals surface area contributed by atoms with E-state index in [4.69, 9.17) is 9.47 Å². The van der Waals surface area contributed by atoms with Gasteiger partial charge in [0.15, 0.2) is 11.9 Å². The van der Waals surface area contributed by atoms with Gasteiger partial charge in [-0.25, -0.2) is 0 Å². The van der Waals surface area contributed by atoms with E-state index in [0.29, 0.717) is 12.8 Å². The summed E-state index contributed by atoms with van der Waals surface area (Å²) in [5.74, 6) is -2.94. The van der Waals surface area contributed by atoms with Gasteiger partial charge in [-0.2, -0.15) is 0 Å². The second kappa shape index (κ2) is 8.23. The maximum Gasteiger partial charge on any atom is 0.303 e. The van der Waals surface area contributed by atoms with Crippen LogP contribution >= 0.6 is 0 Å². The van der Waals surface area contributed by atoms with Crippen LogP contribution in [0.1, 0.15) is 100 Å². The minimum Gasteiger partial charge on any atom is -0.457 e. The Labute approximate surface area is 238 Å². The number of rotatable bonds is 3. The van der Waals surface area contributed by atoms with Crippen LogP contribution < -0.4 is 0 Å². The fourth-order valence-corrected chi connectivity index (χ4v) is 12.5. The van der Waals surface area contributed by atoms with E-state index in [9.17, 15) is 30.3 Å². The van der Waals surface area contributed by atoms with Crippen LogP contribution in [0.3, 0.4) is 0 Å². The van der Waals surface area contributed by atoms with Crippen LogP contribution in [0, 0.1) is 50.7 Å². The Hall–Kier alpha value is -0.770. The summed E-state index contributed by atoms with van der Waals surface area (Å²) in [6.07, 6.45) is 1.35. The number of fused-ring (bicyclic) bond motifs is 4. The molecule has 5 N–H and O–H groups in total. The number of esters is 1. The van der Waals surface area contributed by atoms with Gasteiger partial charge in [-0.1, -0.05) is 34.6 Å². The molecule has 40 heavy (non-hydrogen) atoms. The summed E-state index contributed by atoms with van der Waals surface area (Å²) in [5.41, 5.74) is -3.13. The minimum atomic E-state index is -1.92. The molecule has 228 valence electrons. The first-order chi connectivity index (χ1) is 18.2. The molecule has 1 unspecified atom stereocenters. The lowest BCUT2D eigenvalue weighted by Crippen LogP contribution is -2.64. The fourth-order valence-electron chi connectivity index (χ4n) is 12.5. The highest BCUT2D eigenvalue weighted by Gasteiger charge is 2.88. The zero-order chi connectivity index (χ0) is 29.6. The van der Waals surface area contributed by atoms with Crippen LogP contribution in [0.4, 0.5) is 0 Å². The average molecular weight is 565 g/mol. The second-order valence-electron chi connectivity index (χ2n) is 16.6. The van der Waals surface area contributed by atoms with Crippen LogP contribution in [0.2, 0.25) is 0 Å². The van der Waals surface area contributed by atoms with Crippen molar-refractivity contribution < 1.29 is 39.8 Å². The molecule has 14 atom stereocenters. The predicted molar refractivity (Wildman–Crippen MR) is 147 cm³/mol. The second-order valence-corrected chi connectivity index (χ2v) is 16.6. The molecule has 8 nitrogen and oxygen atoms in total. The maximum absolute atomic E-state index is 12.4. The number of aliphatic hydroxyl groups is 5. The molecule has 1 aliphatic heterocycles. The van der Waals surface area contributed by atoms with Crippen molar-refractivity contribution in [1.82, 2.24) is 0 Å². The normalized spacial score (nSPS) is 57.0. The lowest BCUT2D eigenvalue weighted by atomic mass is 9.40. The predicted octanol–water partition coefficient (Wildman–Crippen LogP) is 3.15. The number of ether oxygens (including phenoxy) is 2. The molecule has 0 aromatic heterocycles. The van der Waals surface area contributed by atoms with E-state index in [1.807, 2.05) is 0 Å². The number of hydrogen-bond donors (Lipinski definition) is 5. The topological polar surface area (TPSA) is 137 Å². The molecule has 1 saturated heterocycles. The Morgan fingerprint density at radius 2 is 1.65 bits per heavy atom. The van der Waals surface area contributed by atoms with Gasteiger partial charge in [-0.05, 0) is 98.2 Å². The molecule has 5 saturated carbocycles. The van der Waals surface area contributed by atoms with Gasteiger partial charge in [-0.3, -0.25) is 4.79 Å². The number of carbonyl (C=O) groups is 1. The smallest absolute Gasteiger partial charge is 0.303 e. The van der Waals surface area contributed by atoms with E-state index >= 15 is 0 Å². The highest BCUT2D eigenvalue weighted by molar-refractivity contribution is 5.66. The summed E-state index contributed by atoms with van der Waals surface area (Å²) in [7, 11) is 0. The standard InChI is InChI=1S/C32H52O8/c1-16-13-19(24(27(5,6)37)39-17(2)33)40-32(38)22(16)28(7)11-12-31-15-30(31)10-9-21(35)26(3,4)20(30)14-18(34)23(31)29(28,8)25(32)36/h16,18-25,34-38H,9-15H2,1-8H3/t16-,18+,19-,20+,21+,22-,23+,24-,25-,28-,29-,30-,31+,32?/m1/s1. The first-order valence-corrected chi connectivity index (χ1v) is 15.6. The van der Waals surface area contributed by atoms with E-state index in [1.54, 1.807) is 13.8 Å². The Balaban J connectivity index is 1.41. The summed E-state index contributed by atoms with van der Waals surface area (Å²) in [4.78, 5) is 12.0. The van der Waals surface area contributed by atoms with Crippen molar-refractivity contribution in [2.24, 2.45) is 50.7 Å². The van der Waals surface area contributed by atoms with Crippen molar-refractivity contribution in [2.45, 2.75) is 142 Å². The molecule has 0 radical (unpaired) electrons. The Morgan fingerprint density at radius 1 is 1.00 bits per heavy atom. The summed E-state index contributed by atoms with van der Waals surface area (Å²) < 4.78 is 12.0. The fraction of sp³-hybridized carbons (Fsp3) is 0.969. The summed E-state index contributed by atoms with van der Waals surface area (Å²) >= 11 is 0. The largest absolute Gasteiger partial charge is 0.457 e. The van der Waals surface area contributed by atoms with E-state index < -0.39 is 58.5 Å². The summed E-state index contributed by atoms with van der Waals surface area (Å²) in [5, 5.41) is 58.6. The molecule has 6 rings (SSSR count). The summed E-state index contributed by atoms with van der Waals surface area (Å²) in [6.45, 7) is 15.0. The molecular weight excluding hydrogens is 512 g/mol. The molecule has 0 amide bonds. The lowest BCUT2D eigenvalue weighted by Gasteiger charge is -2.64. The molecule has 0 aromatic rings. The van der Waals surface area contributed by atoms with Crippen LogP contribution in [-0.4, -0.2) is 73.4 Å². The monoisotopic (exact) mass is 564 g/mol. The minimum absolute atomic E-state index is 0.0381. The average Bonchev–Trinajstić information content (AvgIpc) is 3.45. The molecule has 5 aliphatic carbocycles. The van der Waals surface area contributed by atoms with Gasteiger partial charge in [0.1, 0.15) is 12.2 Å². The van der Waals surface area contributed by atoms with Crippen molar-refractivity contribution in [3.05, 3.63) is 0 Å². The van der Waals surface area contributed by atoms with Crippen molar-refractivity contribution in [3.8, 4) is 0 Å². The van der Waals surface area contributed by atoms with E-state index in [-0.39, 0.29) is 40.1 Å². The van der Waals surface area contributed by atoms with Gasteiger partial charge in [0.25, 0.3) is 0 Å². The van der Waals surface area contributed by atoms with E-state index in [1.165, 1.54) is 6.92 Å². The highest BCUT2D eigenvalue weighted by atomic mass is 16.7. The van der Waals surface area contributed by atoms with Crippen molar-refractivity contribution >= 4 is 5.97 Å². The van der Waals surface area contributed by atoms with Gasteiger partial charge in [0.2, 0.25) is 0 Å². The van der Waals surface area contributed by atoms with Crippen molar-refractivity contribution in [2.75, 3.05) is 0 Å². The van der Waals surface area contributed by atoms with Gasteiger partial charge in [0.05, 0.1) is 17.8 Å². The molecular formula is C32H52O8. The third-order valence-electron chi connectivity index (χ3n) is 14.1. The first-order valence-electron chi connectivity index (χ1n) is 15.6. The van der Waals surface area contributed by atoms with Crippen molar-refractivity contribution in [1.29, 1.82) is 0 Å². The molecule has 6 fully saturated rings. The van der Waals surface area contributed by atoms with Crippen LogP contribution in [-0.2, 0) is 14.3 Å². The maximum atomic E-state index is 12.4. The Bertz CT molecular complexity index is 1090. The third-order valence-corrected chi connectivity index (χ3v) is 14.1. The zero-order valence-electron chi connectivity index (χ0n) is 25.6. The Kier molecular flexibility index (Phi) is 6.03. The SMILES string of the molecule is CC(=O)O[C@H]([C@H]1C[C@@H](C)[C@H]2C(O)(O1)[C@H](O)[C@@]1(C)[C@@H]3[C@@H](O)C[C@H]4C(C)(C)[C@@H](O)CC[C@@]45C[C@@]35CC[C@]21C)C(C)(C)O. The van der Waals surface area contributed by atoms with Crippen LogP contribution in [0.5, 0.6) is 0 Å². The van der Waals surface area contributed by atoms with Gasteiger partial charge >= 0.3 is 5.97 Å². The van der Waals surface area contributed by atoms with Crippen LogP contribution in [0.25, 0.3) is 0 Å². The van der Waals surface area contributed by atoms with Gasteiger partial charge in [-0.15, -0.1) is 0 Å². The molecule has 2 spiro atoms. The van der Waals surface area contributed by atoms with Gasteiger partial charge in [0, 0.05) is 18.3 Å². The number of aliphatic hydroxyl groups excluding tert-OH is 3. The first kappa shape index (κ1) is 29.3. The Morgan fingerprint density at radius 3 is 2.25 bits per heavy atom. The van der Waals surface area contributed by atoms with Gasteiger partial charge < -0.3 is 35.0 Å². The lowest BCUT2D eigenvalue weighted by molar-refractivity contribution is -0.342. The summed E-state index contributed by atoms with van der Waals surface area (Å²) in [6, 6.07) is 0. The molecule has 6 aliphatic rings. The molecule has 8 heteroatoms. The molecule has 0 bridgehead atoms. The van der Waals surface area contributed by atoms with E-state index in [0.717, 1.165) is 32.1 Å². The number of hydrogen-bond acceptors (Lipinski definition) is 8.